The standard InChI is InChI=1S/C15H24N2O2S/c1-10-5-4-6-14(10)17-20(18,19)15-8-13(9-16)11(2)7-12(15)3/h7-8,10,14,17H,4-6,9,16H2,1-3H3. The fraction of sp³-hybridized carbons (Fsp3) is 0.600. The molecule has 1 aromatic carbocycles. The molecule has 1 aliphatic rings. The summed E-state index contributed by atoms with van der Waals surface area (Å²) < 4.78 is 28.0. The number of rotatable bonds is 4. The molecule has 20 heavy (non-hydrogen) atoms. The molecule has 2 atom stereocenters. The van der Waals surface area contributed by atoms with Gasteiger partial charge >= 0.3 is 0 Å². The van der Waals surface area contributed by atoms with Crippen molar-refractivity contribution in [3.63, 3.8) is 0 Å². The van der Waals surface area contributed by atoms with E-state index in [-0.39, 0.29) is 6.04 Å². The zero-order valence-electron chi connectivity index (χ0n) is 12.4. The lowest BCUT2D eigenvalue weighted by molar-refractivity contribution is 0.476. The van der Waals surface area contributed by atoms with Crippen LogP contribution in [0.3, 0.4) is 0 Å². The highest BCUT2D eigenvalue weighted by Gasteiger charge is 2.29. The molecule has 1 aromatic rings. The lowest BCUT2D eigenvalue weighted by Crippen LogP contribution is -2.36. The Morgan fingerprint density at radius 2 is 1.95 bits per heavy atom. The number of nitrogens with two attached hydrogens (primary N) is 1. The van der Waals surface area contributed by atoms with Crippen LogP contribution in [0, 0.1) is 19.8 Å². The minimum Gasteiger partial charge on any atom is -0.326 e. The van der Waals surface area contributed by atoms with Crippen molar-refractivity contribution in [1.29, 1.82) is 0 Å². The molecule has 0 heterocycles. The van der Waals surface area contributed by atoms with Gasteiger partial charge in [-0.25, -0.2) is 13.1 Å². The smallest absolute Gasteiger partial charge is 0.241 e. The van der Waals surface area contributed by atoms with E-state index in [1.165, 1.54) is 0 Å². The van der Waals surface area contributed by atoms with E-state index >= 15 is 0 Å². The molecular weight excluding hydrogens is 272 g/mol. The maximum atomic E-state index is 12.6. The third kappa shape index (κ3) is 3.05. The van der Waals surface area contributed by atoms with Gasteiger partial charge in [0.2, 0.25) is 10.0 Å². The van der Waals surface area contributed by atoms with Gasteiger partial charge in [0.15, 0.2) is 0 Å². The monoisotopic (exact) mass is 296 g/mol. The lowest BCUT2D eigenvalue weighted by Gasteiger charge is -2.19. The van der Waals surface area contributed by atoms with Gasteiger partial charge in [-0.2, -0.15) is 0 Å². The van der Waals surface area contributed by atoms with Crippen LogP contribution >= 0.6 is 0 Å². The van der Waals surface area contributed by atoms with Crippen LogP contribution in [-0.4, -0.2) is 14.5 Å². The Kier molecular flexibility index (Phi) is 4.52. The molecule has 5 heteroatoms. The van der Waals surface area contributed by atoms with Crippen molar-refractivity contribution >= 4 is 10.0 Å². The summed E-state index contributed by atoms with van der Waals surface area (Å²) in [5.74, 6) is 0.407. The molecule has 0 bridgehead atoms. The second-order valence-electron chi connectivity index (χ2n) is 5.88. The normalized spacial score (nSPS) is 23.2. The highest BCUT2D eigenvalue weighted by atomic mass is 32.2. The van der Waals surface area contributed by atoms with Crippen molar-refractivity contribution < 1.29 is 8.42 Å². The summed E-state index contributed by atoms with van der Waals surface area (Å²) in [4.78, 5) is 0.364. The van der Waals surface area contributed by atoms with E-state index in [2.05, 4.69) is 11.6 Å². The molecule has 0 saturated heterocycles. The zero-order valence-corrected chi connectivity index (χ0v) is 13.3. The van der Waals surface area contributed by atoms with Crippen LogP contribution in [0.15, 0.2) is 17.0 Å². The Hall–Kier alpha value is -0.910. The third-order valence-corrected chi connectivity index (χ3v) is 5.94. The van der Waals surface area contributed by atoms with Crippen molar-refractivity contribution in [2.75, 3.05) is 0 Å². The van der Waals surface area contributed by atoms with Gasteiger partial charge in [0, 0.05) is 12.6 Å². The highest BCUT2D eigenvalue weighted by molar-refractivity contribution is 7.89. The quantitative estimate of drug-likeness (QED) is 0.895. The van der Waals surface area contributed by atoms with Crippen molar-refractivity contribution in [3.8, 4) is 0 Å². The Morgan fingerprint density at radius 1 is 1.25 bits per heavy atom. The molecule has 0 aliphatic heterocycles. The molecule has 0 aromatic heterocycles. The topological polar surface area (TPSA) is 72.2 Å². The molecule has 2 unspecified atom stereocenters. The first-order chi connectivity index (χ1) is 9.35. The van der Waals surface area contributed by atoms with Crippen LogP contribution in [0.4, 0.5) is 0 Å². The molecular formula is C15H24N2O2S. The maximum Gasteiger partial charge on any atom is 0.241 e. The Bertz CT molecular complexity index is 596. The van der Waals surface area contributed by atoms with Gasteiger partial charge in [0.1, 0.15) is 0 Å². The van der Waals surface area contributed by atoms with Gasteiger partial charge in [-0.15, -0.1) is 0 Å². The summed E-state index contributed by atoms with van der Waals surface area (Å²) in [7, 11) is -3.46. The van der Waals surface area contributed by atoms with Gasteiger partial charge < -0.3 is 5.73 Å². The van der Waals surface area contributed by atoms with Gasteiger partial charge in [0.05, 0.1) is 4.90 Å². The first-order valence-electron chi connectivity index (χ1n) is 7.17. The minimum absolute atomic E-state index is 0.0574. The summed E-state index contributed by atoms with van der Waals surface area (Å²) in [6.45, 7) is 6.25. The predicted octanol–water partition coefficient (Wildman–Crippen LogP) is 2.23. The molecule has 4 nitrogen and oxygen atoms in total. The van der Waals surface area contributed by atoms with Gasteiger partial charge in [-0.05, 0) is 55.4 Å². The minimum atomic E-state index is -3.46. The number of hydrogen-bond donors (Lipinski definition) is 2. The molecule has 0 radical (unpaired) electrons. The average molecular weight is 296 g/mol. The van der Waals surface area contributed by atoms with Gasteiger partial charge in [-0.1, -0.05) is 19.4 Å². The van der Waals surface area contributed by atoms with Gasteiger partial charge in [0.25, 0.3) is 0 Å². The second-order valence-corrected chi connectivity index (χ2v) is 7.57. The molecule has 1 aliphatic carbocycles. The maximum absolute atomic E-state index is 12.6. The fourth-order valence-corrected chi connectivity index (χ4v) is 4.62. The molecule has 3 N–H and O–H groups in total. The van der Waals surface area contributed by atoms with Crippen molar-refractivity contribution in [1.82, 2.24) is 4.72 Å². The lowest BCUT2D eigenvalue weighted by atomic mass is 10.1. The van der Waals surface area contributed by atoms with Crippen LogP contribution in [0.5, 0.6) is 0 Å². The van der Waals surface area contributed by atoms with Crippen LogP contribution in [0.25, 0.3) is 0 Å². The molecule has 2 rings (SSSR count). The Balaban J connectivity index is 2.34. The number of nitrogens with one attached hydrogen (secondary N) is 1. The van der Waals surface area contributed by atoms with E-state index in [9.17, 15) is 8.42 Å². The van der Waals surface area contributed by atoms with Crippen LogP contribution in [-0.2, 0) is 16.6 Å². The molecule has 0 spiro atoms. The Labute approximate surface area is 121 Å². The van der Waals surface area contributed by atoms with Crippen molar-refractivity contribution in [2.24, 2.45) is 11.7 Å². The van der Waals surface area contributed by atoms with E-state index in [0.29, 0.717) is 17.4 Å². The number of benzene rings is 1. The summed E-state index contributed by atoms with van der Waals surface area (Å²) >= 11 is 0. The summed E-state index contributed by atoms with van der Waals surface area (Å²) in [6, 6.07) is 3.67. The predicted molar refractivity (Wildman–Crippen MR) is 80.9 cm³/mol. The van der Waals surface area contributed by atoms with Crippen LogP contribution < -0.4 is 10.5 Å². The van der Waals surface area contributed by atoms with E-state index in [1.54, 1.807) is 6.07 Å². The second kappa shape index (κ2) is 5.84. The summed E-state index contributed by atoms with van der Waals surface area (Å²) in [6.07, 6.45) is 3.11. The molecule has 1 saturated carbocycles. The summed E-state index contributed by atoms with van der Waals surface area (Å²) in [5, 5.41) is 0. The number of aryl methyl sites for hydroxylation is 2. The van der Waals surface area contributed by atoms with E-state index in [1.807, 2.05) is 19.9 Å². The van der Waals surface area contributed by atoms with Crippen molar-refractivity contribution in [2.45, 2.75) is 57.5 Å². The summed E-state index contributed by atoms with van der Waals surface area (Å²) in [5.41, 5.74) is 8.38. The number of sulfonamides is 1. The first-order valence-corrected chi connectivity index (χ1v) is 8.66. The number of hydrogen-bond acceptors (Lipinski definition) is 3. The SMILES string of the molecule is Cc1cc(C)c(S(=O)(=O)NC2CCCC2C)cc1CN. The molecule has 0 amide bonds. The average Bonchev–Trinajstić information content (AvgIpc) is 2.74. The Morgan fingerprint density at radius 3 is 2.50 bits per heavy atom. The van der Waals surface area contributed by atoms with E-state index in [4.69, 9.17) is 5.73 Å². The highest BCUT2D eigenvalue weighted by Crippen LogP contribution is 2.27. The molecule has 112 valence electrons. The van der Waals surface area contributed by atoms with Crippen LogP contribution in [0.2, 0.25) is 0 Å². The van der Waals surface area contributed by atoms with Gasteiger partial charge in [-0.3, -0.25) is 0 Å². The fourth-order valence-electron chi connectivity index (χ4n) is 2.97. The van der Waals surface area contributed by atoms with E-state index < -0.39 is 10.0 Å². The first kappa shape index (κ1) is 15.5. The molecule has 1 fully saturated rings. The largest absolute Gasteiger partial charge is 0.326 e. The third-order valence-electron chi connectivity index (χ3n) is 4.31. The zero-order chi connectivity index (χ0) is 14.9. The van der Waals surface area contributed by atoms with E-state index in [0.717, 1.165) is 36.0 Å². The van der Waals surface area contributed by atoms with Crippen LogP contribution in [0.1, 0.15) is 42.9 Å². The van der Waals surface area contributed by atoms with Crippen molar-refractivity contribution in [3.05, 3.63) is 28.8 Å².